The fraction of sp³-hybridized carbons (Fsp3) is 0.250. The van der Waals surface area contributed by atoms with Gasteiger partial charge in [-0.1, -0.05) is 0 Å². The monoisotopic (exact) mass is 257 g/mol. The molecule has 0 atom stereocenters. The van der Waals surface area contributed by atoms with Crippen LogP contribution in [0.5, 0.6) is 0 Å². The third-order valence-electron chi connectivity index (χ3n) is 1.86. The summed E-state index contributed by atoms with van der Waals surface area (Å²) in [5.41, 5.74) is -6.85. The Hall–Kier alpha value is -1.93. The van der Waals surface area contributed by atoms with Crippen LogP contribution in [0.15, 0.2) is 11.0 Å². The molecule has 17 heavy (non-hydrogen) atoms. The second-order valence-electron chi connectivity index (χ2n) is 2.92. The van der Waals surface area contributed by atoms with Crippen molar-refractivity contribution in [3.05, 3.63) is 33.2 Å². The first-order valence-corrected chi connectivity index (χ1v) is 4.00. The average molecular weight is 257 g/mol. The van der Waals surface area contributed by atoms with Crippen molar-refractivity contribution >= 4 is 5.97 Å². The zero-order valence-corrected chi connectivity index (χ0v) is 7.81. The molecule has 0 radical (unpaired) electrons. The highest BCUT2D eigenvalue weighted by molar-refractivity contribution is 5.87. The lowest BCUT2D eigenvalue weighted by atomic mass is 10.1. The molecule has 0 aliphatic carbocycles. The topological polar surface area (TPSA) is 70.2 Å². The highest BCUT2D eigenvalue weighted by Crippen LogP contribution is 2.28. The lowest BCUT2D eigenvalue weighted by Gasteiger charge is -2.09. The van der Waals surface area contributed by atoms with E-state index in [2.05, 4.69) is 0 Å². The molecule has 1 aromatic heterocycles. The van der Waals surface area contributed by atoms with Gasteiger partial charge in [-0.15, -0.1) is 0 Å². The molecule has 0 saturated carbocycles. The Balaban J connectivity index is 3.62. The second-order valence-corrected chi connectivity index (χ2v) is 2.92. The van der Waals surface area contributed by atoms with Gasteiger partial charge in [0.15, 0.2) is 0 Å². The molecule has 2 N–H and O–H groups in total. The van der Waals surface area contributed by atoms with Crippen molar-refractivity contribution in [2.24, 2.45) is 0 Å². The maximum absolute atomic E-state index is 12.4. The van der Waals surface area contributed by atoms with Crippen LogP contribution in [0.4, 0.5) is 22.0 Å². The number of H-pyrrole nitrogens is 1. The molecule has 1 aromatic rings. The molecule has 1 rings (SSSR count). The average Bonchev–Trinajstić information content (AvgIpc) is 2.13. The van der Waals surface area contributed by atoms with E-state index in [9.17, 15) is 31.5 Å². The van der Waals surface area contributed by atoms with Crippen LogP contribution in [0, 0.1) is 0 Å². The van der Waals surface area contributed by atoms with Crippen molar-refractivity contribution in [3.63, 3.8) is 0 Å². The molecule has 0 aliphatic heterocycles. The van der Waals surface area contributed by atoms with Gasteiger partial charge in [0.25, 0.3) is 6.43 Å². The fourth-order valence-corrected chi connectivity index (χ4v) is 1.14. The first kappa shape index (κ1) is 13.1. The summed E-state index contributed by atoms with van der Waals surface area (Å²) in [6, 6.07) is 0. The number of halogens is 5. The molecule has 0 amide bonds. The standard InChI is InChI=1S/C8H4F5NO3/c9-6(10)3-4(7(16)17)14-1-2(5(3)15)8(11,12)13/h1,6H,(H,14,15)(H,16,17). The number of nitrogens with one attached hydrogen (secondary N) is 1. The number of rotatable bonds is 2. The van der Waals surface area contributed by atoms with Gasteiger partial charge in [0, 0.05) is 6.20 Å². The van der Waals surface area contributed by atoms with E-state index >= 15 is 0 Å². The molecule has 4 nitrogen and oxygen atoms in total. The molecule has 0 bridgehead atoms. The lowest BCUT2D eigenvalue weighted by molar-refractivity contribution is -0.138. The van der Waals surface area contributed by atoms with Gasteiger partial charge in [0.2, 0.25) is 5.43 Å². The summed E-state index contributed by atoms with van der Waals surface area (Å²) in [6.45, 7) is 0. The van der Waals surface area contributed by atoms with Crippen molar-refractivity contribution in [1.82, 2.24) is 4.98 Å². The van der Waals surface area contributed by atoms with Crippen LogP contribution in [0.1, 0.15) is 28.0 Å². The first-order chi connectivity index (χ1) is 7.66. The smallest absolute Gasteiger partial charge is 0.421 e. The minimum absolute atomic E-state index is 0.0532. The van der Waals surface area contributed by atoms with E-state index in [1.807, 2.05) is 0 Å². The van der Waals surface area contributed by atoms with Gasteiger partial charge < -0.3 is 10.1 Å². The Kier molecular flexibility index (Phi) is 3.21. The van der Waals surface area contributed by atoms with E-state index in [4.69, 9.17) is 5.11 Å². The minimum atomic E-state index is -5.13. The van der Waals surface area contributed by atoms with Gasteiger partial charge in [-0.25, -0.2) is 13.6 Å². The summed E-state index contributed by atoms with van der Waals surface area (Å²) in [5, 5.41) is 8.45. The van der Waals surface area contributed by atoms with E-state index in [1.165, 1.54) is 4.98 Å². The van der Waals surface area contributed by atoms with Gasteiger partial charge in [-0.05, 0) is 0 Å². The summed E-state index contributed by atoms with van der Waals surface area (Å²) < 4.78 is 61.4. The van der Waals surface area contributed by atoms with Crippen molar-refractivity contribution in [2.45, 2.75) is 12.6 Å². The van der Waals surface area contributed by atoms with Crippen molar-refractivity contribution in [1.29, 1.82) is 0 Å². The van der Waals surface area contributed by atoms with E-state index in [1.54, 1.807) is 0 Å². The molecule has 0 spiro atoms. The molecule has 0 unspecified atom stereocenters. The van der Waals surface area contributed by atoms with Crippen molar-refractivity contribution < 1.29 is 31.9 Å². The number of aromatic amines is 1. The van der Waals surface area contributed by atoms with Crippen molar-refractivity contribution in [3.8, 4) is 0 Å². The van der Waals surface area contributed by atoms with Gasteiger partial charge in [-0.2, -0.15) is 13.2 Å². The van der Waals surface area contributed by atoms with E-state index < -0.39 is 40.8 Å². The summed E-state index contributed by atoms with van der Waals surface area (Å²) in [7, 11) is 0. The van der Waals surface area contributed by atoms with Crippen LogP contribution in [0.25, 0.3) is 0 Å². The minimum Gasteiger partial charge on any atom is -0.477 e. The van der Waals surface area contributed by atoms with E-state index in [0.29, 0.717) is 0 Å². The molecule has 9 heteroatoms. The van der Waals surface area contributed by atoms with Crippen molar-refractivity contribution in [2.75, 3.05) is 0 Å². The number of carboxylic acids is 1. The lowest BCUT2D eigenvalue weighted by Crippen LogP contribution is -2.26. The number of carboxylic acid groups (broad SMARTS) is 1. The molecule has 0 fully saturated rings. The molecule has 94 valence electrons. The summed E-state index contributed by atoms with van der Waals surface area (Å²) >= 11 is 0. The number of pyridine rings is 1. The van der Waals surface area contributed by atoms with Crippen LogP contribution in [0.2, 0.25) is 0 Å². The van der Waals surface area contributed by atoms with E-state index in [-0.39, 0.29) is 6.20 Å². The zero-order chi connectivity index (χ0) is 13.4. The highest BCUT2D eigenvalue weighted by atomic mass is 19.4. The SMILES string of the molecule is O=C(O)c1[nH]cc(C(F)(F)F)c(=O)c1C(F)F. The van der Waals surface area contributed by atoms with Crippen LogP contribution < -0.4 is 5.43 Å². The predicted molar refractivity (Wildman–Crippen MR) is 44.0 cm³/mol. The summed E-state index contributed by atoms with van der Waals surface area (Å²) in [6.07, 6.45) is -8.70. The maximum atomic E-state index is 12.4. The number of aromatic nitrogens is 1. The normalized spacial score (nSPS) is 11.9. The van der Waals surface area contributed by atoms with Gasteiger partial charge in [0.05, 0.1) is 5.56 Å². The number of aromatic carboxylic acids is 1. The van der Waals surface area contributed by atoms with Gasteiger partial charge >= 0.3 is 12.1 Å². The van der Waals surface area contributed by atoms with Crippen LogP contribution in [-0.2, 0) is 6.18 Å². The maximum Gasteiger partial charge on any atom is 0.421 e. The Labute approximate surface area is 89.7 Å². The van der Waals surface area contributed by atoms with E-state index in [0.717, 1.165) is 0 Å². The molecular formula is C8H4F5NO3. The number of alkyl halides is 5. The molecule has 0 aliphatic rings. The first-order valence-electron chi connectivity index (χ1n) is 4.00. The zero-order valence-electron chi connectivity index (χ0n) is 7.81. The highest BCUT2D eigenvalue weighted by Gasteiger charge is 2.37. The fourth-order valence-electron chi connectivity index (χ4n) is 1.14. The number of hydrogen-bond acceptors (Lipinski definition) is 2. The third kappa shape index (κ3) is 2.43. The Morgan fingerprint density at radius 2 is 1.88 bits per heavy atom. The third-order valence-corrected chi connectivity index (χ3v) is 1.86. The Morgan fingerprint density at radius 3 is 2.24 bits per heavy atom. The molecular weight excluding hydrogens is 253 g/mol. The van der Waals surface area contributed by atoms with Crippen LogP contribution >= 0.6 is 0 Å². The molecule has 0 aromatic carbocycles. The van der Waals surface area contributed by atoms with Crippen LogP contribution in [-0.4, -0.2) is 16.1 Å². The quantitative estimate of drug-likeness (QED) is 0.796. The molecule has 1 heterocycles. The molecule has 0 saturated heterocycles. The summed E-state index contributed by atoms with van der Waals surface area (Å²) in [4.78, 5) is 23.1. The predicted octanol–water partition coefficient (Wildman–Crippen LogP) is 2.03. The van der Waals surface area contributed by atoms with Gasteiger partial charge in [-0.3, -0.25) is 4.79 Å². The van der Waals surface area contributed by atoms with Gasteiger partial charge in [0.1, 0.15) is 11.3 Å². The summed E-state index contributed by atoms with van der Waals surface area (Å²) in [5.74, 6) is -1.94. The Morgan fingerprint density at radius 1 is 1.35 bits per heavy atom. The van der Waals surface area contributed by atoms with Crippen LogP contribution in [0.3, 0.4) is 0 Å². The largest absolute Gasteiger partial charge is 0.477 e. The second kappa shape index (κ2) is 4.15. The number of hydrogen-bond donors (Lipinski definition) is 2. The Bertz CT molecular complexity index is 505. The number of carbonyl (C=O) groups is 1.